The number of hydrogen-bond donors (Lipinski definition) is 1. The molecule has 0 aliphatic carbocycles. The van der Waals surface area contributed by atoms with Crippen molar-refractivity contribution in [2.24, 2.45) is 0 Å². The van der Waals surface area contributed by atoms with Crippen LogP contribution in [-0.2, 0) is 14.3 Å². The number of para-hydroxylation sites is 1. The van der Waals surface area contributed by atoms with Gasteiger partial charge in [-0.1, -0.05) is 19.1 Å². The molecule has 1 atom stereocenters. The van der Waals surface area contributed by atoms with Crippen LogP contribution in [-0.4, -0.2) is 55.0 Å². The van der Waals surface area contributed by atoms with E-state index >= 15 is 0 Å². The van der Waals surface area contributed by atoms with Gasteiger partial charge in [-0.05, 0) is 25.5 Å². The summed E-state index contributed by atoms with van der Waals surface area (Å²) in [5, 5.41) is 2.69. The van der Waals surface area contributed by atoms with Crippen molar-refractivity contribution in [3.63, 3.8) is 0 Å². The van der Waals surface area contributed by atoms with Crippen LogP contribution >= 0.6 is 0 Å². The lowest BCUT2D eigenvalue weighted by Crippen LogP contribution is -2.57. The lowest BCUT2D eigenvalue weighted by atomic mass is 10.1. The normalized spacial score (nSPS) is 17.0. The number of carbonyl (C=O) groups excluding carboxylic acids is 3. The highest BCUT2D eigenvalue weighted by atomic mass is 16.5. The van der Waals surface area contributed by atoms with Crippen LogP contribution < -0.4 is 10.1 Å². The molecule has 136 valence electrons. The number of nitrogens with one attached hydrogen (secondary N) is 1. The van der Waals surface area contributed by atoms with E-state index in [-0.39, 0.29) is 24.8 Å². The summed E-state index contributed by atoms with van der Waals surface area (Å²) in [4.78, 5) is 38.4. The Balaban J connectivity index is 2.23. The van der Waals surface area contributed by atoms with Gasteiger partial charge in [0.25, 0.3) is 5.91 Å². The second-order valence-corrected chi connectivity index (χ2v) is 5.66. The first-order valence-corrected chi connectivity index (χ1v) is 8.54. The zero-order valence-electron chi connectivity index (χ0n) is 14.6. The zero-order valence-corrected chi connectivity index (χ0v) is 14.6. The summed E-state index contributed by atoms with van der Waals surface area (Å²) in [7, 11) is 0. The Morgan fingerprint density at radius 3 is 2.76 bits per heavy atom. The number of benzene rings is 1. The van der Waals surface area contributed by atoms with Crippen molar-refractivity contribution in [1.82, 2.24) is 10.2 Å². The van der Waals surface area contributed by atoms with Crippen molar-refractivity contribution in [2.45, 2.75) is 32.7 Å². The highest BCUT2D eigenvalue weighted by Gasteiger charge is 2.36. The lowest BCUT2D eigenvalue weighted by Gasteiger charge is -2.34. The average molecular weight is 348 g/mol. The summed E-state index contributed by atoms with van der Waals surface area (Å²) < 4.78 is 10.6. The van der Waals surface area contributed by atoms with Crippen molar-refractivity contribution in [3.05, 3.63) is 29.8 Å². The van der Waals surface area contributed by atoms with E-state index in [1.807, 2.05) is 6.92 Å². The maximum atomic E-state index is 13.0. The Hall–Kier alpha value is -2.57. The number of amides is 2. The summed E-state index contributed by atoms with van der Waals surface area (Å²) >= 11 is 0. The first-order valence-electron chi connectivity index (χ1n) is 8.54. The molecule has 2 amide bonds. The van der Waals surface area contributed by atoms with Crippen LogP contribution in [0.2, 0.25) is 0 Å². The molecule has 0 bridgehead atoms. The van der Waals surface area contributed by atoms with Crippen molar-refractivity contribution in [1.29, 1.82) is 0 Å². The molecule has 25 heavy (non-hydrogen) atoms. The zero-order chi connectivity index (χ0) is 18.2. The summed E-state index contributed by atoms with van der Waals surface area (Å²) in [5.41, 5.74) is 0.388. The van der Waals surface area contributed by atoms with Gasteiger partial charge in [0.15, 0.2) is 0 Å². The van der Waals surface area contributed by atoms with E-state index in [1.165, 1.54) is 4.90 Å². The second-order valence-electron chi connectivity index (χ2n) is 5.66. The van der Waals surface area contributed by atoms with Crippen LogP contribution in [0.25, 0.3) is 0 Å². The number of piperazine rings is 1. The van der Waals surface area contributed by atoms with Crippen LogP contribution in [0, 0.1) is 0 Å². The fourth-order valence-corrected chi connectivity index (χ4v) is 2.67. The van der Waals surface area contributed by atoms with Crippen LogP contribution in [0.15, 0.2) is 24.3 Å². The first-order chi connectivity index (χ1) is 12.1. The van der Waals surface area contributed by atoms with Gasteiger partial charge in [0.1, 0.15) is 11.8 Å². The molecule has 0 radical (unpaired) electrons. The van der Waals surface area contributed by atoms with Crippen molar-refractivity contribution < 1.29 is 23.9 Å². The van der Waals surface area contributed by atoms with Gasteiger partial charge in [0.2, 0.25) is 5.91 Å². The summed E-state index contributed by atoms with van der Waals surface area (Å²) in [6, 6.07) is 6.06. The van der Waals surface area contributed by atoms with Crippen molar-refractivity contribution >= 4 is 17.8 Å². The molecule has 1 N–H and O–H groups in total. The summed E-state index contributed by atoms with van der Waals surface area (Å²) in [5.74, 6) is -0.691. The Morgan fingerprint density at radius 2 is 2.04 bits per heavy atom. The molecule has 1 heterocycles. The van der Waals surface area contributed by atoms with Crippen molar-refractivity contribution in [3.8, 4) is 5.75 Å². The number of hydrogen-bond acceptors (Lipinski definition) is 5. The van der Waals surface area contributed by atoms with E-state index in [4.69, 9.17) is 9.47 Å². The van der Waals surface area contributed by atoms with Gasteiger partial charge in [-0.2, -0.15) is 0 Å². The molecule has 7 nitrogen and oxygen atoms in total. The Bertz CT molecular complexity index is 632. The Kier molecular flexibility index (Phi) is 6.80. The third-order valence-corrected chi connectivity index (χ3v) is 3.84. The van der Waals surface area contributed by atoms with Gasteiger partial charge < -0.3 is 19.7 Å². The number of esters is 1. The molecule has 0 saturated carbocycles. The smallest absolute Gasteiger partial charge is 0.308 e. The molecule has 2 rings (SSSR count). The molecule has 1 aromatic rings. The molecule has 1 aromatic carbocycles. The third-order valence-electron chi connectivity index (χ3n) is 3.84. The molecule has 1 unspecified atom stereocenters. The minimum absolute atomic E-state index is 0.163. The number of ether oxygens (including phenoxy) is 2. The molecule has 0 spiro atoms. The monoisotopic (exact) mass is 348 g/mol. The fourth-order valence-electron chi connectivity index (χ4n) is 2.67. The molecular weight excluding hydrogens is 324 g/mol. The summed E-state index contributed by atoms with van der Waals surface area (Å²) in [6.45, 7) is 5.09. The molecule has 1 aliphatic heterocycles. The maximum Gasteiger partial charge on any atom is 0.308 e. The van der Waals surface area contributed by atoms with E-state index in [0.717, 1.165) is 6.42 Å². The minimum Gasteiger partial charge on any atom is -0.493 e. The SMILES string of the molecule is CCCOc1ccccc1C(=O)N1CCNC(=O)C1CC(=O)OCC. The topological polar surface area (TPSA) is 84.9 Å². The van der Waals surface area contributed by atoms with Crippen LogP contribution in [0.3, 0.4) is 0 Å². The van der Waals surface area contributed by atoms with Crippen molar-refractivity contribution in [2.75, 3.05) is 26.3 Å². The molecule has 7 heteroatoms. The third kappa shape index (κ3) is 4.71. The highest BCUT2D eigenvalue weighted by Crippen LogP contribution is 2.23. The number of carbonyl (C=O) groups is 3. The van der Waals surface area contributed by atoms with E-state index in [0.29, 0.717) is 31.0 Å². The summed E-state index contributed by atoms with van der Waals surface area (Å²) in [6.07, 6.45) is 0.656. The van der Waals surface area contributed by atoms with E-state index in [9.17, 15) is 14.4 Å². The quantitative estimate of drug-likeness (QED) is 0.752. The van der Waals surface area contributed by atoms with E-state index in [2.05, 4.69) is 5.32 Å². The van der Waals surface area contributed by atoms with Gasteiger partial charge in [-0.15, -0.1) is 0 Å². The van der Waals surface area contributed by atoms with Gasteiger partial charge in [-0.25, -0.2) is 0 Å². The van der Waals surface area contributed by atoms with E-state index in [1.54, 1.807) is 31.2 Å². The van der Waals surface area contributed by atoms with Gasteiger partial charge in [-0.3, -0.25) is 14.4 Å². The predicted molar refractivity (Wildman–Crippen MR) is 91.3 cm³/mol. The molecule has 0 aromatic heterocycles. The standard InChI is InChI=1S/C18H24N2O5/c1-3-11-25-15-8-6-5-7-13(15)18(23)20-10-9-19-17(22)14(20)12-16(21)24-4-2/h5-8,14H,3-4,9-12H2,1-2H3,(H,19,22). The van der Waals surface area contributed by atoms with Gasteiger partial charge >= 0.3 is 5.97 Å². The van der Waals surface area contributed by atoms with Crippen LogP contribution in [0.4, 0.5) is 0 Å². The maximum absolute atomic E-state index is 13.0. The fraction of sp³-hybridized carbons (Fsp3) is 0.500. The van der Waals surface area contributed by atoms with Crippen LogP contribution in [0.1, 0.15) is 37.0 Å². The molecule has 1 aliphatic rings. The lowest BCUT2D eigenvalue weighted by molar-refractivity contribution is -0.147. The minimum atomic E-state index is -0.875. The second kappa shape index (κ2) is 9.05. The Labute approximate surface area is 147 Å². The van der Waals surface area contributed by atoms with E-state index < -0.39 is 12.0 Å². The largest absolute Gasteiger partial charge is 0.493 e. The predicted octanol–water partition coefficient (Wildman–Crippen LogP) is 1.37. The number of rotatable bonds is 7. The van der Waals surface area contributed by atoms with Gasteiger partial charge in [0, 0.05) is 13.1 Å². The number of nitrogens with zero attached hydrogens (tertiary/aromatic N) is 1. The first kappa shape index (κ1) is 18.8. The highest BCUT2D eigenvalue weighted by molar-refractivity contribution is 6.01. The molecule has 1 saturated heterocycles. The molecular formula is C18H24N2O5. The van der Waals surface area contributed by atoms with Crippen LogP contribution in [0.5, 0.6) is 5.75 Å². The van der Waals surface area contributed by atoms with Gasteiger partial charge in [0.05, 0.1) is 25.2 Å². The Morgan fingerprint density at radius 1 is 1.28 bits per heavy atom. The molecule has 1 fully saturated rings. The average Bonchev–Trinajstić information content (AvgIpc) is 2.61.